The molecule has 0 radical (unpaired) electrons. The van der Waals surface area contributed by atoms with E-state index in [0.717, 1.165) is 31.9 Å². The predicted molar refractivity (Wildman–Crippen MR) is 94.5 cm³/mol. The van der Waals surface area contributed by atoms with Crippen LogP contribution in [0, 0.1) is 11.6 Å². The average Bonchev–Trinajstić information content (AvgIpc) is 2.56. The average molecular weight is 375 g/mol. The predicted octanol–water partition coefficient (Wildman–Crippen LogP) is 4.03. The van der Waals surface area contributed by atoms with Crippen LogP contribution in [0.3, 0.4) is 0 Å². The van der Waals surface area contributed by atoms with Crippen molar-refractivity contribution in [2.24, 2.45) is 0 Å². The summed E-state index contributed by atoms with van der Waals surface area (Å²) in [4.78, 5) is 2.16. The third kappa shape index (κ3) is 4.50. The van der Waals surface area contributed by atoms with Gasteiger partial charge in [0, 0.05) is 48.5 Å². The second kappa shape index (κ2) is 8.51. The molecule has 1 aliphatic heterocycles. The number of hydrogen-bond acceptors (Lipinski definition) is 3. The van der Waals surface area contributed by atoms with Crippen molar-refractivity contribution in [1.29, 1.82) is 0 Å². The molecule has 1 saturated heterocycles. The maximum atomic E-state index is 13.9. The van der Waals surface area contributed by atoms with Crippen molar-refractivity contribution in [2.75, 3.05) is 31.1 Å². The van der Waals surface area contributed by atoms with Crippen LogP contribution < -0.4 is 15.0 Å². The smallest absolute Gasteiger partial charge is 0.165 e. The Morgan fingerprint density at radius 1 is 1.04 bits per heavy atom. The number of nitrogens with one attached hydrogen (secondary N) is 1. The number of benzene rings is 2. The first kappa shape index (κ1) is 18.8. The Morgan fingerprint density at radius 2 is 1.79 bits per heavy atom. The van der Waals surface area contributed by atoms with E-state index in [-0.39, 0.29) is 24.8 Å². The number of nitrogens with zero attached hydrogens (tertiary/aromatic N) is 1. The van der Waals surface area contributed by atoms with E-state index >= 15 is 0 Å². The second-order valence-electron chi connectivity index (χ2n) is 5.38. The molecule has 3 rings (SSSR count). The molecule has 3 nitrogen and oxygen atoms in total. The molecule has 0 saturated carbocycles. The Balaban J connectivity index is 0.00000208. The van der Waals surface area contributed by atoms with Crippen LogP contribution in [0.4, 0.5) is 14.5 Å². The maximum absolute atomic E-state index is 13.9. The van der Waals surface area contributed by atoms with Gasteiger partial charge in [-0.2, -0.15) is 0 Å². The van der Waals surface area contributed by atoms with E-state index in [0.29, 0.717) is 10.6 Å². The normalized spacial score (nSPS) is 14.2. The molecule has 0 aromatic heterocycles. The molecule has 2 aromatic rings. The van der Waals surface area contributed by atoms with E-state index in [2.05, 4.69) is 10.2 Å². The molecule has 1 aliphatic rings. The van der Waals surface area contributed by atoms with Gasteiger partial charge in [-0.3, -0.25) is 0 Å². The lowest BCUT2D eigenvalue weighted by molar-refractivity contribution is 0.285. The van der Waals surface area contributed by atoms with Crippen LogP contribution >= 0.6 is 24.0 Å². The van der Waals surface area contributed by atoms with Gasteiger partial charge in [0.2, 0.25) is 0 Å². The van der Waals surface area contributed by atoms with Crippen molar-refractivity contribution in [1.82, 2.24) is 5.32 Å². The lowest BCUT2D eigenvalue weighted by Gasteiger charge is -2.29. The Kier molecular flexibility index (Phi) is 6.66. The first-order valence-corrected chi connectivity index (χ1v) is 7.83. The van der Waals surface area contributed by atoms with Crippen molar-refractivity contribution in [3.05, 3.63) is 58.6 Å². The number of anilines is 1. The third-order valence-electron chi connectivity index (χ3n) is 3.80. The van der Waals surface area contributed by atoms with Crippen molar-refractivity contribution < 1.29 is 13.5 Å². The van der Waals surface area contributed by atoms with Gasteiger partial charge in [0.1, 0.15) is 12.4 Å². The number of halogens is 4. The Hall–Kier alpha value is -1.56. The molecule has 0 unspecified atom stereocenters. The van der Waals surface area contributed by atoms with E-state index in [1.165, 1.54) is 18.2 Å². The fourth-order valence-electron chi connectivity index (χ4n) is 2.52. The highest BCUT2D eigenvalue weighted by atomic mass is 35.5. The Morgan fingerprint density at radius 3 is 2.50 bits per heavy atom. The topological polar surface area (TPSA) is 24.5 Å². The molecule has 24 heavy (non-hydrogen) atoms. The molecule has 1 N–H and O–H groups in total. The van der Waals surface area contributed by atoms with Gasteiger partial charge in [-0.25, -0.2) is 8.78 Å². The standard InChI is InChI=1S/C17H17ClF2N2O.ClH/c18-13-2-1-12(16(20)9-13)11-23-17-10-14(3-4-15(17)19)22-7-5-21-6-8-22;/h1-4,9-10,21H,5-8,11H2;1H. The summed E-state index contributed by atoms with van der Waals surface area (Å²) in [5.41, 5.74) is 1.24. The molecule has 1 heterocycles. The largest absolute Gasteiger partial charge is 0.486 e. The van der Waals surface area contributed by atoms with Crippen LogP contribution in [0.1, 0.15) is 5.56 Å². The molecule has 0 aliphatic carbocycles. The molecule has 7 heteroatoms. The minimum absolute atomic E-state index is 0. The number of ether oxygens (including phenoxy) is 1. The molecule has 130 valence electrons. The van der Waals surface area contributed by atoms with E-state index < -0.39 is 11.6 Å². The summed E-state index contributed by atoms with van der Waals surface area (Å²) in [6, 6.07) is 9.11. The van der Waals surface area contributed by atoms with Crippen LogP contribution in [-0.2, 0) is 6.61 Å². The Bertz CT molecular complexity index is 694. The van der Waals surface area contributed by atoms with E-state index in [4.69, 9.17) is 16.3 Å². The highest BCUT2D eigenvalue weighted by Gasteiger charge is 2.14. The molecule has 0 atom stereocenters. The van der Waals surface area contributed by atoms with Crippen molar-refractivity contribution >= 4 is 29.7 Å². The van der Waals surface area contributed by atoms with E-state index in [1.807, 2.05) is 0 Å². The summed E-state index contributed by atoms with van der Waals surface area (Å²) in [5, 5.41) is 3.59. The van der Waals surface area contributed by atoms with Gasteiger partial charge in [0.15, 0.2) is 11.6 Å². The van der Waals surface area contributed by atoms with Crippen molar-refractivity contribution in [2.45, 2.75) is 6.61 Å². The van der Waals surface area contributed by atoms with Crippen LogP contribution in [-0.4, -0.2) is 26.2 Å². The van der Waals surface area contributed by atoms with Crippen LogP contribution in [0.15, 0.2) is 36.4 Å². The van der Waals surface area contributed by atoms with Crippen LogP contribution in [0.2, 0.25) is 5.02 Å². The first-order chi connectivity index (χ1) is 11.1. The van der Waals surface area contributed by atoms with Gasteiger partial charge >= 0.3 is 0 Å². The number of rotatable bonds is 4. The summed E-state index contributed by atoms with van der Waals surface area (Å²) in [7, 11) is 0. The molecule has 0 bridgehead atoms. The SMILES string of the molecule is Cl.Fc1cc(Cl)ccc1COc1cc(N2CCNCC2)ccc1F. The molecular formula is C17H18Cl2F2N2O. The second-order valence-corrected chi connectivity index (χ2v) is 5.81. The summed E-state index contributed by atoms with van der Waals surface area (Å²) >= 11 is 5.71. The highest BCUT2D eigenvalue weighted by Crippen LogP contribution is 2.26. The zero-order valence-electron chi connectivity index (χ0n) is 12.9. The molecule has 2 aromatic carbocycles. The summed E-state index contributed by atoms with van der Waals surface area (Å²) in [6.07, 6.45) is 0. The van der Waals surface area contributed by atoms with Crippen LogP contribution in [0.5, 0.6) is 5.75 Å². The van der Waals surface area contributed by atoms with Gasteiger partial charge in [0.25, 0.3) is 0 Å². The maximum Gasteiger partial charge on any atom is 0.165 e. The van der Waals surface area contributed by atoms with Gasteiger partial charge < -0.3 is 15.0 Å². The quantitative estimate of drug-likeness (QED) is 0.874. The fraction of sp³-hybridized carbons (Fsp3) is 0.294. The van der Waals surface area contributed by atoms with Gasteiger partial charge in [-0.15, -0.1) is 12.4 Å². The van der Waals surface area contributed by atoms with Crippen molar-refractivity contribution in [3.63, 3.8) is 0 Å². The minimum atomic E-state index is -0.462. The lowest BCUT2D eigenvalue weighted by atomic mass is 10.2. The third-order valence-corrected chi connectivity index (χ3v) is 4.03. The summed E-state index contributed by atoms with van der Waals surface area (Å²) in [5.74, 6) is -0.801. The molecule has 0 spiro atoms. The fourth-order valence-corrected chi connectivity index (χ4v) is 2.68. The van der Waals surface area contributed by atoms with Gasteiger partial charge in [0.05, 0.1) is 0 Å². The van der Waals surface area contributed by atoms with Gasteiger partial charge in [-0.1, -0.05) is 17.7 Å². The summed E-state index contributed by atoms with van der Waals surface area (Å²) in [6.45, 7) is 3.45. The van der Waals surface area contributed by atoms with Crippen LogP contribution in [0.25, 0.3) is 0 Å². The molecular weight excluding hydrogens is 357 g/mol. The van der Waals surface area contributed by atoms with Gasteiger partial charge in [-0.05, 0) is 24.3 Å². The molecule has 0 amide bonds. The zero-order chi connectivity index (χ0) is 16.2. The number of piperazine rings is 1. The Labute approximate surface area is 151 Å². The van der Waals surface area contributed by atoms with Crippen molar-refractivity contribution in [3.8, 4) is 5.75 Å². The first-order valence-electron chi connectivity index (χ1n) is 7.45. The van der Waals surface area contributed by atoms with E-state index in [9.17, 15) is 8.78 Å². The number of hydrogen-bond donors (Lipinski definition) is 1. The minimum Gasteiger partial charge on any atom is -0.486 e. The molecule has 1 fully saturated rings. The highest BCUT2D eigenvalue weighted by molar-refractivity contribution is 6.30. The monoisotopic (exact) mass is 374 g/mol. The lowest BCUT2D eigenvalue weighted by Crippen LogP contribution is -2.43. The summed E-state index contributed by atoms with van der Waals surface area (Å²) < 4.78 is 33.2. The van der Waals surface area contributed by atoms with E-state index in [1.54, 1.807) is 18.2 Å². The zero-order valence-corrected chi connectivity index (χ0v) is 14.5.